The van der Waals surface area contributed by atoms with Crippen molar-refractivity contribution in [2.45, 2.75) is 40.0 Å². The number of benzene rings is 1. The maximum Gasteiger partial charge on any atom is 0.230 e. The largest absolute Gasteiger partial charge is 0.369 e. The standard InChI is InChI=1S/C22H30N4O4/c1-14-4-5-16(8-15(14)2)9-18(28)25-11-22(19(23)29)12-26(13-22)20(30)21(3)7-6-17(27)24-10-21/h4-5,8H,6-7,9-13H2,1-3H3,(H2,23,29)(H,24,27)(H,25,28). The summed E-state index contributed by atoms with van der Waals surface area (Å²) in [5, 5.41) is 5.54. The van der Waals surface area contributed by atoms with Crippen molar-refractivity contribution in [1.29, 1.82) is 0 Å². The second kappa shape index (κ2) is 8.08. The van der Waals surface area contributed by atoms with Crippen LogP contribution in [0.5, 0.6) is 0 Å². The Morgan fingerprint density at radius 3 is 2.47 bits per heavy atom. The number of rotatable bonds is 6. The first-order valence-corrected chi connectivity index (χ1v) is 10.2. The molecular formula is C22H30N4O4. The SMILES string of the molecule is Cc1ccc(CC(=O)NCC2(C(N)=O)CN(C(=O)C3(C)CCC(=O)NC3)C2)cc1C. The van der Waals surface area contributed by atoms with Crippen LogP contribution in [-0.4, -0.2) is 54.7 Å². The van der Waals surface area contributed by atoms with Crippen LogP contribution in [0.4, 0.5) is 0 Å². The molecule has 8 nitrogen and oxygen atoms in total. The zero-order chi connectivity index (χ0) is 22.1. The quantitative estimate of drug-likeness (QED) is 0.615. The second-order valence-corrected chi connectivity index (χ2v) is 9.02. The van der Waals surface area contributed by atoms with Crippen LogP contribution in [0.15, 0.2) is 18.2 Å². The summed E-state index contributed by atoms with van der Waals surface area (Å²) in [4.78, 5) is 50.4. The van der Waals surface area contributed by atoms with Crippen LogP contribution < -0.4 is 16.4 Å². The number of nitrogens with zero attached hydrogens (tertiary/aromatic N) is 1. The summed E-state index contributed by atoms with van der Waals surface area (Å²) in [5.41, 5.74) is 7.17. The first-order valence-electron chi connectivity index (χ1n) is 10.2. The fraction of sp³-hybridized carbons (Fsp3) is 0.545. The van der Waals surface area contributed by atoms with Crippen LogP contribution in [-0.2, 0) is 25.6 Å². The average molecular weight is 415 g/mol. The molecule has 0 aliphatic carbocycles. The molecular weight excluding hydrogens is 384 g/mol. The minimum atomic E-state index is -0.956. The van der Waals surface area contributed by atoms with E-state index < -0.39 is 16.7 Å². The molecule has 0 spiro atoms. The van der Waals surface area contributed by atoms with E-state index in [9.17, 15) is 19.2 Å². The minimum absolute atomic E-state index is 0.0538. The monoisotopic (exact) mass is 414 g/mol. The fourth-order valence-corrected chi connectivity index (χ4v) is 4.04. The predicted octanol–water partition coefficient (Wildman–Crippen LogP) is 0.192. The molecule has 1 aromatic carbocycles. The van der Waals surface area contributed by atoms with Crippen molar-refractivity contribution in [1.82, 2.24) is 15.5 Å². The molecule has 3 rings (SSSR count). The van der Waals surface area contributed by atoms with Gasteiger partial charge in [0.1, 0.15) is 5.41 Å². The maximum absolute atomic E-state index is 12.9. The van der Waals surface area contributed by atoms with Gasteiger partial charge in [-0.2, -0.15) is 0 Å². The van der Waals surface area contributed by atoms with Gasteiger partial charge in [-0.25, -0.2) is 0 Å². The van der Waals surface area contributed by atoms with E-state index in [0.717, 1.165) is 16.7 Å². The normalized spacial score (nSPS) is 22.6. The number of aryl methyl sites for hydroxylation is 2. The van der Waals surface area contributed by atoms with E-state index in [2.05, 4.69) is 10.6 Å². The number of amides is 4. The average Bonchev–Trinajstić information content (AvgIpc) is 2.66. The number of hydrogen-bond donors (Lipinski definition) is 3. The van der Waals surface area contributed by atoms with E-state index in [4.69, 9.17) is 5.73 Å². The van der Waals surface area contributed by atoms with Crippen LogP contribution in [0.1, 0.15) is 36.5 Å². The number of hydrogen-bond acceptors (Lipinski definition) is 4. The van der Waals surface area contributed by atoms with Gasteiger partial charge < -0.3 is 21.3 Å². The Kier molecular flexibility index (Phi) is 5.87. The highest BCUT2D eigenvalue weighted by Crippen LogP contribution is 2.36. The highest BCUT2D eigenvalue weighted by atomic mass is 16.2. The fourth-order valence-electron chi connectivity index (χ4n) is 4.04. The summed E-state index contributed by atoms with van der Waals surface area (Å²) in [6, 6.07) is 5.87. The number of nitrogens with one attached hydrogen (secondary N) is 2. The van der Waals surface area contributed by atoms with Gasteiger partial charge in [0.15, 0.2) is 0 Å². The van der Waals surface area contributed by atoms with Crippen molar-refractivity contribution < 1.29 is 19.2 Å². The number of carbonyl (C=O) groups is 4. The van der Waals surface area contributed by atoms with Crippen molar-refractivity contribution in [3.05, 3.63) is 34.9 Å². The molecule has 1 atom stereocenters. The Hall–Kier alpha value is -2.90. The molecule has 4 N–H and O–H groups in total. The molecule has 4 amide bonds. The first kappa shape index (κ1) is 21.8. The van der Waals surface area contributed by atoms with Gasteiger partial charge in [-0.3, -0.25) is 19.2 Å². The van der Waals surface area contributed by atoms with Crippen LogP contribution in [0.2, 0.25) is 0 Å². The molecule has 2 saturated heterocycles. The number of likely N-dealkylation sites (tertiary alicyclic amines) is 1. The van der Waals surface area contributed by atoms with Crippen molar-refractivity contribution in [2.24, 2.45) is 16.6 Å². The molecule has 0 radical (unpaired) electrons. The summed E-state index contributed by atoms with van der Waals surface area (Å²) in [6.45, 7) is 6.58. The van der Waals surface area contributed by atoms with E-state index >= 15 is 0 Å². The van der Waals surface area contributed by atoms with Crippen LogP contribution >= 0.6 is 0 Å². The van der Waals surface area contributed by atoms with Gasteiger partial charge in [0.25, 0.3) is 0 Å². The lowest BCUT2D eigenvalue weighted by atomic mass is 9.74. The number of piperidine rings is 1. The van der Waals surface area contributed by atoms with Gasteiger partial charge in [-0.15, -0.1) is 0 Å². The lowest BCUT2D eigenvalue weighted by Gasteiger charge is -2.51. The maximum atomic E-state index is 12.9. The van der Waals surface area contributed by atoms with Gasteiger partial charge in [0.2, 0.25) is 23.6 Å². The third-order valence-electron chi connectivity index (χ3n) is 6.45. The van der Waals surface area contributed by atoms with E-state index in [-0.39, 0.29) is 50.3 Å². The Morgan fingerprint density at radius 2 is 1.90 bits per heavy atom. The molecule has 0 saturated carbocycles. The molecule has 0 bridgehead atoms. The summed E-state index contributed by atoms with van der Waals surface area (Å²) in [5.74, 6) is -0.867. The molecule has 2 fully saturated rings. The molecule has 2 aliphatic heterocycles. The summed E-state index contributed by atoms with van der Waals surface area (Å²) in [7, 11) is 0. The van der Waals surface area contributed by atoms with E-state index in [1.807, 2.05) is 39.0 Å². The van der Waals surface area contributed by atoms with Crippen molar-refractivity contribution in [3.63, 3.8) is 0 Å². The molecule has 2 heterocycles. The predicted molar refractivity (Wildman–Crippen MR) is 111 cm³/mol. The Balaban J connectivity index is 1.56. The van der Waals surface area contributed by atoms with E-state index in [0.29, 0.717) is 12.8 Å². The molecule has 1 unspecified atom stereocenters. The van der Waals surface area contributed by atoms with Crippen molar-refractivity contribution in [2.75, 3.05) is 26.2 Å². The Morgan fingerprint density at radius 1 is 1.20 bits per heavy atom. The lowest BCUT2D eigenvalue weighted by molar-refractivity contribution is -0.160. The molecule has 8 heteroatoms. The lowest BCUT2D eigenvalue weighted by Crippen LogP contribution is -2.70. The van der Waals surface area contributed by atoms with Crippen LogP contribution in [0, 0.1) is 24.7 Å². The van der Waals surface area contributed by atoms with Crippen LogP contribution in [0.25, 0.3) is 0 Å². The van der Waals surface area contributed by atoms with Crippen molar-refractivity contribution in [3.8, 4) is 0 Å². The van der Waals surface area contributed by atoms with Gasteiger partial charge in [-0.1, -0.05) is 18.2 Å². The van der Waals surface area contributed by atoms with Gasteiger partial charge in [0.05, 0.1) is 11.8 Å². The third-order valence-corrected chi connectivity index (χ3v) is 6.45. The zero-order valence-corrected chi connectivity index (χ0v) is 17.8. The number of carbonyl (C=O) groups excluding carboxylic acids is 4. The van der Waals surface area contributed by atoms with Crippen LogP contribution in [0.3, 0.4) is 0 Å². The number of primary amides is 1. The zero-order valence-electron chi connectivity index (χ0n) is 17.8. The third kappa shape index (κ3) is 4.32. The smallest absolute Gasteiger partial charge is 0.230 e. The molecule has 2 aliphatic rings. The minimum Gasteiger partial charge on any atom is -0.369 e. The van der Waals surface area contributed by atoms with Gasteiger partial charge in [-0.05, 0) is 43.9 Å². The molecule has 1 aromatic rings. The molecule has 162 valence electrons. The summed E-state index contributed by atoms with van der Waals surface area (Å²) >= 11 is 0. The van der Waals surface area contributed by atoms with Crippen molar-refractivity contribution >= 4 is 23.6 Å². The summed E-state index contributed by atoms with van der Waals surface area (Å²) < 4.78 is 0. The summed E-state index contributed by atoms with van der Waals surface area (Å²) in [6.07, 6.45) is 1.01. The second-order valence-electron chi connectivity index (χ2n) is 9.02. The molecule has 0 aromatic heterocycles. The van der Waals surface area contributed by atoms with E-state index in [1.165, 1.54) is 0 Å². The Labute approximate surface area is 176 Å². The highest BCUT2D eigenvalue weighted by Gasteiger charge is 2.53. The first-order chi connectivity index (χ1) is 14.0. The highest BCUT2D eigenvalue weighted by molar-refractivity contribution is 5.91. The number of nitrogens with two attached hydrogens (primary N) is 1. The topological polar surface area (TPSA) is 122 Å². The van der Waals surface area contributed by atoms with E-state index in [1.54, 1.807) is 4.90 Å². The van der Waals surface area contributed by atoms with Gasteiger partial charge in [0, 0.05) is 32.6 Å². The Bertz CT molecular complexity index is 879. The van der Waals surface area contributed by atoms with Gasteiger partial charge >= 0.3 is 0 Å². The molecule has 30 heavy (non-hydrogen) atoms.